The lowest BCUT2D eigenvalue weighted by Crippen LogP contribution is -2.37. The molecule has 1 amide bonds. The molecule has 1 saturated carbocycles. The SMILES string of the molecule is O=C(Cc1csc(-c2cccnc2)n1)NCCNC1CCCCCC1. The van der Waals surface area contributed by atoms with E-state index in [9.17, 15) is 4.79 Å². The molecule has 1 fully saturated rings. The Bertz CT molecular complexity index is 650. The molecule has 0 aromatic carbocycles. The van der Waals surface area contributed by atoms with Gasteiger partial charge in [0.25, 0.3) is 0 Å². The monoisotopic (exact) mass is 358 g/mol. The second-order valence-corrected chi connectivity index (χ2v) is 7.41. The third-order valence-corrected chi connectivity index (χ3v) is 5.48. The number of hydrogen-bond acceptors (Lipinski definition) is 5. The molecule has 134 valence electrons. The van der Waals surface area contributed by atoms with Gasteiger partial charge in [0.2, 0.25) is 5.91 Å². The number of nitrogens with one attached hydrogen (secondary N) is 2. The summed E-state index contributed by atoms with van der Waals surface area (Å²) in [5.41, 5.74) is 1.81. The van der Waals surface area contributed by atoms with Gasteiger partial charge in [-0.15, -0.1) is 11.3 Å². The van der Waals surface area contributed by atoms with Crippen molar-refractivity contribution in [1.29, 1.82) is 0 Å². The minimum absolute atomic E-state index is 0.0331. The molecule has 0 unspecified atom stereocenters. The van der Waals surface area contributed by atoms with E-state index in [1.54, 1.807) is 23.7 Å². The molecular weight excluding hydrogens is 332 g/mol. The maximum atomic E-state index is 12.1. The van der Waals surface area contributed by atoms with Gasteiger partial charge in [0, 0.05) is 42.5 Å². The minimum Gasteiger partial charge on any atom is -0.354 e. The molecule has 2 heterocycles. The Morgan fingerprint density at radius 3 is 2.80 bits per heavy atom. The van der Waals surface area contributed by atoms with Crippen LogP contribution in [0.25, 0.3) is 10.6 Å². The molecule has 2 N–H and O–H groups in total. The summed E-state index contributed by atoms with van der Waals surface area (Å²) in [6.07, 6.45) is 11.8. The number of carbonyl (C=O) groups is 1. The third kappa shape index (κ3) is 5.90. The van der Waals surface area contributed by atoms with Crippen molar-refractivity contribution in [1.82, 2.24) is 20.6 Å². The van der Waals surface area contributed by atoms with Gasteiger partial charge in [-0.3, -0.25) is 9.78 Å². The van der Waals surface area contributed by atoms with Crippen LogP contribution in [0, 0.1) is 0 Å². The molecule has 0 saturated heterocycles. The van der Waals surface area contributed by atoms with Gasteiger partial charge in [0.1, 0.15) is 5.01 Å². The van der Waals surface area contributed by atoms with Gasteiger partial charge in [0.15, 0.2) is 0 Å². The molecule has 0 aliphatic heterocycles. The van der Waals surface area contributed by atoms with Crippen molar-refractivity contribution in [2.75, 3.05) is 13.1 Å². The summed E-state index contributed by atoms with van der Waals surface area (Å²) in [7, 11) is 0. The Kier molecular flexibility index (Phi) is 6.94. The summed E-state index contributed by atoms with van der Waals surface area (Å²) in [6, 6.07) is 4.50. The second-order valence-electron chi connectivity index (χ2n) is 6.56. The van der Waals surface area contributed by atoms with Crippen molar-refractivity contribution in [3.8, 4) is 10.6 Å². The highest BCUT2D eigenvalue weighted by atomic mass is 32.1. The third-order valence-electron chi connectivity index (χ3n) is 4.54. The van der Waals surface area contributed by atoms with Crippen LogP contribution < -0.4 is 10.6 Å². The van der Waals surface area contributed by atoms with E-state index in [-0.39, 0.29) is 5.91 Å². The van der Waals surface area contributed by atoms with Crippen molar-refractivity contribution in [3.63, 3.8) is 0 Å². The fourth-order valence-corrected chi connectivity index (χ4v) is 4.01. The fourth-order valence-electron chi connectivity index (χ4n) is 3.20. The van der Waals surface area contributed by atoms with Crippen LogP contribution in [-0.2, 0) is 11.2 Å². The minimum atomic E-state index is 0.0331. The van der Waals surface area contributed by atoms with Gasteiger partial charge in [-0.05, 0) is 25.0 Å². The zero-order valence-corrected chi connectivity index (χ0v) is 15.4. The van der Waals surface area contributed by atoms with Crippen molar-refractivity contribution in [2.24, 2.45) is 0 Å². The number of thiazole rings is 1. The first-order valence-electron chi connectivity index (χ1n) is 9.16. The maximum absolute atomic E-state index is 12.1. The van der Waals surface area contributed by atoms with Crippen LogP contribution in [0.15, 0.2) is 29.9 Å². The smallest absolute Gasteiger partial charge is 0.226 e. The number of amides is 1. The van der Waals surface area contributed by atoms with Crippen LogP contribution >= 0.6 is 11.3 Å². The molecule has 2 aromatic heterocycles. The summed E-state index contributed by atoms with van der Waals surface area (Å²) in [6.45, 7) is 1.52. The fraction of sp³-hybridized carbons (Fsp3) is 0.526. The van der Waals surface area contributed by atoms with Gasteiger partial charge in [-0.1, -0.05) is 25.7 Å². The van der Waals surface area contributed by atoms with E-state index < -0.39 is 0 Å². The summed E-state index contributed by atoms with van der Waals surface area (Å²) in [5.74, 6) is 0.0331. The van der Waals surface area contributed by atoms with Crippen LogP contribution in [0.1, 0.15) is 44.2 Å². The standard InChI is InChI=1S/C19H26N4OS/c24-18(22-11-10-21-16-7-3-1-2-4-8-16)12-17-14-25-19(23-17)15-6-5-9-20-13-15/h5-6,9,13-14,16,21H,1-4,7-8,10-12H2,(H,22,24). The average Bonchev–Trinajstić information content (AvgIpc) is 2.94. The molecule has 5 nitrogen and oxygen atoms in total. The average molecular weight is 359 g/mol. The van der Waals surface area contributed by atoms with Gasteiger partial charge in [-0.25, -0.2) is 4.98 Å². The molecule has 0 atom stereocenters. The summed E-state index contributed by atoms with van der Waals surface area (Å²) in [5, 5.41) is 9.42. The molecule has 0 bridgehead atoms. The van der Waals surface area contributed by atoms with E-state index in [1.165, 1.54) is 38.5 Å². The molecular formula is C19H26N4OS. The predicted octanol–water partition coefficient (Wildman–Crippen LogP) is 3.18. The number of hydrogen-bond donors (Lipinski definition) is 2. The van der Waals surface area contributed by atoms with Crippen LogP contribution in [0.4, 0.5) is 0 Å². The second kappa shape index (κ2) is 9.63. The highest BCUT2D eigenvalue weighted by Crippen LogP contribution is 2.22. The quantitative estimate of drug-likeness (QED) is 0.589. The topological polar surface area (TPSA) is 66.9 Å². The Morgan fingerprint density at radius 1 is 1.20 bits per heavy atom. The zero-order valence-electron chi connectivity index (χ0n) is 14.5. The first-order valence-corrected chi connectivity index (χ1v) is 10.0. The lowest BCUT2D eigenvalue weighted by Gasteiger charge is -2.16. The van der Waals surface area contributed by atoms with Gasteiger partial charge in [0.05, 0.1) is 12.1 Å². The lowest BCUT2D eigenvalue weighted by molar-refractivity contribution is -0.120. The van der Waals surface area contributed by atoms with Crippen molar-refractivity contribution in [3.05, 3.63) is 35.6 Å². The van der Waals surface area contributed by atoms with Gasteiger partial charge >= 0.3 is 0 Å². The molecule has 0 radical (unpaired) electrons. The van der Waals surface area contributed by atoms with E-state index >= 15 is 0 Å². The molecule has 0 spiro atoms. The van der Waals surface area contributed by atoms with E-state index in [0.717, 1.165) is 22.8 Å². The Morgan fingerprint density at radius 2 is 2.04 bits per heavy atom. The Hall–Kier alpha value is -1.79. The molecule has 2 aromatic rings. The lowest BCUT2D eigenvalue weighted by atomic mass is 10.1. The molecule has 6 heteroatoms. The molecule has 1 aliphatic carbocycles. The van der Waals surface area contributed by atoms with Crippen molar-refractivity contribution < 1.29 is 4.79 Å². The van der Waals surface area contributed by atoms with Gasteiger partial charge in [-0.2, -0.15) is 0 Å². The van der Waals surface area contributed by atoms with Gasteiger partial charge < -0.3 is 10.6 Å². The summed E-state index contributed by atoms with van der Waals surface area (Å²) < 4.78 is 0. The molecule has 25 heavy (non-hydrogen) atoms. The number of rotatable bonds is 7. The predicted molar refractivity (Wildman–Crippen MR) is 102 cm³/mol. The van der Waals surface area contributed by atoms with E-state index in [4.69, 9.17) is 0 Å². The van der Waals surface area contributed by atoms with Crippen molar-refractivity contribution >= 4 is 17.2 Å². The number of aromatic nitrogens is 2. The number of pyridine rings is 1. The van der Waals surface area contributed by atoms with Crippen LogP contribution in [0.3, 0.4) is 0 Å². The van der Waals surface area contributed by atoms with Crippen LogP contribution in [0.5, 0.6) is 0 Å². The zero-order chi connectivity index (χ0) is 17.3. The number of nitrogens with zero attached hydrogens (tertiary/aromatic N) is 2. The first-order chi connectivity index (χ1) is 12.3. The first kappa shape index (κ1) is 18.0. The largest absolute Gasteiger partial charge is 0.354 e. The Labute approximate surface area is 153 Å². The highest BCUT2D eigenvalue weighted by molar-refractivity contribution is 7.13. The van der Waals surface area contributed by atoms with E-state index in [1.807, 2.05) is 17.5 Å². The summed E-state index contributed by atoms with van der Waals surface area (Å²) >= 11 is 1.55. The number of carbonyl (C=O) groups excluding carboxylic acids is 1. The van der Waals surface area contributed by atoms with E-state index in [2.05, 4.69) is 20.6 Å². The van der Waals surface area contributed by atoms with E-state index in [0.29, 0.717) is 19.0 Å². The van der Waals surface area contributed by atoms with Crippen LogP contribution in [0.2, 0.25) is 0 Å². The normalized spacial score (nSPS) is 15.7. The molecule has 3 rings (SSSR count). The maximum Gasteiger partial charge on any atom is 0.226 e. The Balaban J connectivity index is 1.37. The van der Waals surface area contributed by atoms with Crippen molar-refractivity contribution in [2.45, 2.75) is 51.0 Å². The summed E-state index contributed by atoms with van der Waals surface area (Å²) in [4.78, 5) is 20.7. The highest BCUT2D eigenvalue weighted by Gasteiger charge is 2.12. The van der Waals surface area contributed by atoms with Crippen LogP contribution in [-0.4, -0.2) is 35.0 Å². The molecule has 1 aliphatic rings.